The summed E-state index contributed by atoms with van der Waals surface area (Å²) in [7, 11) is 0. The predicted octanol–water partition coefficient (Wildman–Crippen LogP) is 1.13. The highest BCUT2D eigenvalue weighted by Crippen LogP contribution is 2.07. The molecule has 0 radical (unpaired) electrons. The number of allylic oxidation sites excluding steroid dienone is 1. The minimum atomic E-state index is -4.91. The van der Waals surface area contributed by atoms with E-state index >= 15 is 0 Å². The molecule has 0 aliphatic carbocycles. The van der Waals surface area contributed by atoms with Gasteiger partial charge in [0.05, 0.1) is 0 Å². The van der Waals surface area contributed by atoms with Crippen molar-refractivity contribution in [1.82, 2.24) is 0 Å². The van der Waals surface area contributed by atoms with Gasteiger partial charge in [0.25, 0.3) is 0 Å². The summed E-state index contributed by atoms with van der Waals surface area (Å²) in [5.74, 6) is -0.0625. The first kappa shape index (κ1) is 7.26. The van der Waals surface area contributed by atoms with Crippen molar-refractivity contribution in [1.29, 1.82) is 0 Å². The van der Waals surface area contributed by atoms with Crippen molar-refractivity contribution in [3.8, 4) is 0 Å². The summed E-state index contributed by atoms with van der Waals surface area (Å²) in [5, 5.41) is 0. The standard InChI is InChI=1S/C3H3BF3O/c5-4(6,7)2-1-3-8/h1-3H/q-1. The lowest BCUT2D eigenvalue weighted by Gasteiger charge is -2.03. The molecule has 0 bridgehead atoms. The summed E-state index contributed by atoms with van der Waals surface area (Å²) >= 11 is 0. The van der Waals surface area contributed by atoms with Crippen LogP contribution in [0.2, 0.25) is 0 Å². The highest BCUT2D eigenvalue weighted by molar-refractivity contribution is 6.64. The fourth-order valence-electron chi connectivity index (χ4n) is 0.171. The van der Waals surface area contributed by atoms with Crippen molar-refractivity contribution in [3.05, 3.63) is 12.1 Å². The van der Waals surface area contributed by atoms with Crippen molar-refractivity contribution in [2.75, 3.05) is 0 Å². The number of hydrogen-bond acceptors (Lipinski definition) is 1. The zero-order valence-corrected chi connectivity index (χ0v) is 3.85. The fraction of sp³-hybridized carbons (Fsp3) is 0. The lowest BCUT2D eigenvalue weighted by Crippen LogP contribution is -2.09. The van der Waals surface area contributed by atoms with Crippen LogP contribution < -0.4 is 0 Å². The molecule has 0 amide bonds. The Balaban J connectivity index is 3.69. The normalized spacial score (nSPS) is 12.4. The summed E-state index contributed by atoms with van der Waals surface area (Å²) in [6.45, 7) is -4.91. The topological polar surface area (TPSA) is 17.1 Å². The highest BCUT2D eigenvalue weighted by atomic mass is 19.4. The Morgan fingerprint density at radius 1 is 1.25 bits per heavy atom. The third-order valence-electron chi connectivity index (χ3n) is 0.408. The average Bonchev–Trinajstić information content (AvgIpc) is 1.59. The van der Waals surface area contributed by atoms with E-state index in [-0.39, 0.29) is 12.3 Å². The van der Waals surface area contributed by atoms with E-state index in [1.54, 1.807) is 0 Å². The van der Waals surface area contributed by atoms with Crippen LogP contribution in [0.1, 0.15) is 0 Å². The van der Waals surface area contributed by atoms with Crippen molar-refractivity contribution in [3.63, 3.8) is 0 Å². The molecule has 0 aromatic heterocycles. The largest absolute Gasteiger partial charge is 0.502 e. The molecule has 0 rings (SSSR count). The number of hydrogen-bond donors (Lipinski definition) is 0. The van der Waals surface area contributed by atoms with Gasteiger partial charge in [-0.15, -0.1) is 5.98 Å². The molecule has 0 saturated carbocycles. The van der Waals surface area contributed by atoms with Gasteiger partial charge in [0, 0.05) is 0 Å². The first-order chi connectivity index (χ1) is 3.56. The van der Waals surface area contributed by atoms with Crippen LogP contribution in [0.5, 0.6) is 0 Å². The van der Waals surface area contributed by atoms with Crippen molar-refractivity contribution < 1.29 is 17.7 Å². The van der Waals surface area contributed by atoms with Crippen LogP contribution in [0, 0.1) is 0 Å². The zero-order chi connectivity index (χ0) is 6.62. The van der Waals surface area contributed by atoms with Crippen LogP contribution in [-0.2, 0) is 4.79 Å². The third-order valence-corrected chi connectivity index (χ3v) is 0.408. The monoisotopic (exact) mass is 123 g/mol. The second-order valence-corrected chi connectivity index (χ2v) is 1.15. The van der Waals surface area contributed by atoms with Gasteiger partial charge in [-0.25, -0.2) is 0 Å². The molecule has 5 heteroatoms. The Hall–Kier alpha value is -0.735. The molecule has 0 fully saturated rings. The molecule has 0 aliphatic rings. The van der Waals surface area contributed by atoms with E-state index in [1.165, 1.54) is 0 Å². The van der Waals surface area contributed by atoms with E-state index in [2.05, 4.69) is 0 Å². The van der Waals surface area contributed by atoms with Gasteiger partial charge in [-0.3, -0.25) is 4.79 Å². The van der Waals surface area contributed by atoms with E-state index in [0.717, 1.165) is 0 Å². The summed E-state index contributed by atoms with van der Waals surface area (Å²) < 4.78 is 33.2. The second-order valence-electron chi connectivity index (χ2n) is 1.15. The summed E-state index contributed by atoms with van der Waals surface area (Å²) in [5.41, 5.74) is 0. The van der Waals surface area contributed by atoms with E-state index < -0.39 is 6.98 Å². The maximum absolute atomic E-state index is 11.1. The quantitative estimate of drug-likeness (QED) is 0.305. The molecule has 0 aromatic rings. The van der Waals surface area contributed by atoms with Crippen molar-refractivity contribution >= 4 is 13.3 Å². The Morgan fingerprint density at radius 3 is 1.88 bits per heavy atom. The van der Waals surface area contributed by atoms with Gasteiger partial charge in [0.15, 0.2) is 0 Å². The van der Waals surface area contributed by atoms with Crippen molar-refractivity contribution in [2.45, 2.75) is 0 Å². The van der Waals surface area contributed by atoms with Crippen LogP contribution >= 0.6 is 0 Å². The van der Waals surface area contributed by atoms with Gasteiger partial charge in [-0.1, -0.05) is 6.08 Å². The predicted molar refractivity (Wildman–Crippen MR) is 24.3 cm³/mol. The van der Waals surface area contributed by atoms with Crippen LogP contribution in [0.4, 0.5) is 12.9 Å². The SMILES string of the molecule is O=CC=C[B-](F)(F)F. The van der Waals surface area contributed by atoms with Crippen LogP contribution in [0.3, 0.4) is 0 Å². The smallest absolute Gasteiger partial charge is 0.445 e. The van der Waals surface area contributed by atoms with Crippen LogP contribution in [-0.4, -0.2) is 13.3 Å². The van der Waals surface area contributed by atoms with Gasteiger partial charge in [-0.05, 0) is 0 Å². The minimum absolute atomic E-state index is 0.0625. The average molecular weight is 123 g/mol. The Kier molecular flexibility index (Phi) is 2.31. The van der Waals surface area contributed by atoms with Gasteiger partial charge in [-0.2, -0.15) is 0 Å². The Bertz CT molecular complexity index is 106. The van der Waals surface area contributed by atoms with Crippen molar-refractivity contribution in [2.24, 2.45) is 0 Å². The summed E-state index contributed by atoms with van der Waals surface area (Å²) in [6.07, 6.45) is 0.523. The maximum atomic E-state index is 11.1. The molecule has 8 heavy (non-hydrogen) atoms. The molecule has 0 aliphatic heterocycles. The van der Waals surface area contributed by atoms with E-state index in [1.807, 2.05) is 0 Å². The lowest BCUT2D eigenvalue weighted by atomic mass is 9.92. The molecule has 0 aromatic carbocycles. The number of carbonyl (C=O) groups excluding carboxylic acids is 1. The molecular weight excluding hydrogens is 120 g/mol. The first-order valence-corrected chi connectivity index (χ1v) is 1.89. The third kappa shape index (κ3) is 5.26. The summed E-state index contributed by atoms with van der Waals surface area (Å²) in [6, 6.07) is 0. The molecular formula is C3H3BF3O-. The van der Waals surface area contributed by atoms with Crippen LogP contribution in [0.25, 0.3) is 0 Å². The maximum Gasteiger partial charge on any atom is 0.502 e. The van der Waals surface area contributed by atoms with E-state index in [9.17, 15) is 17.7 Å². The number of halogens is 3. The van der Waals surface area contributed by atoms with Gasteiger partial charge in [0.1, 0.15) is 6.29 Å². The Labute approximate surface area is 44.2 Å². The number of carbonyl (C=O) groups is 1. The van der Waals surface area contributed by atoms with Gasteiger partial charge in [0.2, 0.25) is 0 Å². The molecule has 0 saturated heterocycles. The van der Waals surface area contributed by atoms with Gasteiger partial charge >= 0.3 is 6.98 Å². The minimum Gasteiger partial charge on any atom is -0.445 e. The summed E-state index contributed by atoms with van der Waals surface area (Å²) in [4.78, 5) is 9.27. The molecule has 0 spiro atoms. The fourth-order valence-corrected chi connectivity index (χ4v) is 0.171. The van der Waals surface area contributed by atoms with E-state index in [0.29, 0.717) is 6.08 Å². The molecule has 0 unspecified atom stereocenters. The number of rotatable bonds is 2. The molecule has 46 valence electrons. The molecule has 0 heterocycles. The molecule has 0 atom stereocenters. The lowest BCUT2D eigenvalue weighted by molar-refractivity contribution is -0.104. The highest BCUT2D eigenvalue weighted by Gasteiger charge is 2.16. The van der Waals surface area contributed by atoms with Crippen LogP contribution in [0.15, 0.2) is 12.1 Å². The van der Waals surface area contributed by atoms with E-state index in [4.69, 9.17) is 0 Å². The molecule has 1 nitrogen and oxygen atoms in total. The Morgan fingerprint density at radius 2 is 1.75 bits per heavy atom. The van der Waals surface area contributed by atoms with Gasteiger partial charge < -0.3 is 12.9 Å². The second kappa shape index (κ2) is 2.54. The number of aldehydes is 1. The zero-order valence-electron chi connectivity index (χ0n) is 3.85. The molecule has 0 N–H and O–H groups in total. The first-order valence-electron chi connectivity index (χ1n) is 1.89.